The molecule has 2 aromatic rings. The Balaban J connectivity index is 2.44. The molecule has 0 bridgehead atoms. The van der Waals surface area contributed by atoms with Gasteiger partial charge in [-0.3, -0.25) is 0 Å². The van der Waals surface area contributed by atoms with Gasteiger partial charge in [0.15, 0.2) is 0 Å². The van der Waals surface area contributed by atoms with Crippen molar-refractivity contribution < 1.29 is 14.3 Å². The molecule has 0 aliphatic carbocycles. The predicted molar refractivity (Wildman–Crippen MR) is 80.1 cm³/mol. The Morgan fingerprint density at radius 1 is 1.35 bits per heavy atom. The van der Waals surface area contributed by atoms with Crippen molar-refractivity contribution in [1.29, 1.82) is 0 Å². The molecule has 0 aliphatic heterocycles. The van der Waals surface area contributed by atoms with Gasteiger partial charge in [-0.05, 0) is 24.6 Å². The Hall–Kier alpha value is -2.05. The molecule has 0 atom stereocenters. The largest absolute Gasteiger partial charge is 0.497 e. The fourth-order valence-electron chi connectivity index (χ4n) is 1.85. The van der Waals surface area contributed by atoms with Gasteiger partial charge in [0.05, 0.1) is 13.7 Å². The number of anilines is 1. The zero-order chi connectivity index (χ0) is 14.5. The second kappa shape index (κ2) is 6.40. The van der Waals surface area contributed by atoms with E-state index in [0.29, 0.717) is 17.2 Å². The number of nitrogens with two attached hydrogens (primary N) is 1. The third kappa shape index (κ3) is 2.76. The second-order valence-corrected chi connectivity index (χ2v) is 4.83. The van der Waals surface area contributed by atoms with Crippen LogP contribution in [0, 0.1) is 0 Å². The first-order chi connectivity index (χ1) is 9.71. The van der Waals surface area contributed by atoms with E-state index in [4.69, 9.17) is 15.3 Å². The standard InChI is InChI=1S/C14H16N2O3S/c1-3-19-14(17)12-11(8-20-13(12)16-15)9-4-6-10(18-2)7-5-9/h4-8,16H,3,15H2,1-2H3. The minimum absolute atomic E-state index is 0.320. The molecule has 1 aromatic carbocycles. The third-order valence-electron chi connectivity index (χ3n) is 2.80. The first-order valence-corrected chi connectivity index (χ1v) is 6.98. The fourth-order valence-corrected chi connectivity index (χ4v) is 2.72. The Morgan fingerprint density at radius 2 is 2.05 bits per heavy atom. The quantitative estimate of drug-likeness (QED) is 0.503. The van der Waals surface area contributed by atoms with Gasteiger partial charge in [0.25, 0.3) is 0 Å². The molecule has 20 heavy (non-hydrogen) atoms. The molecule has 2 rings (SSSR count). The number of carbonyl (C=O) groups is 1. The number of thiophene rings is 1. The van der Waals surface area contributed by atoms with Crippen LogP contribution in [-0.2, 0) is 4.74 Å². The van der Waals surface area contributed by atoms with Crippen LogP contribution in [0.25, 0.3) is 11.1 Å². The lowest BCUT2D eigenvalue weighted by Gasteiger charge is -2.07. The molecule has 0 spiro atoms. The Morgan fingerprint density at radius 3 is 2.60 bits per heavy atom. The highest BCUT2D eigenvalue weighted by molar-refractivity contribution is 7.15. The van der Waals surface area contributed by atoms with Crippen molar-refractivity contribution in [2.75, 3.05) is 19.1 Å². The zero-order valence-electron chi connectivity index (χ0n) is 11.3. The van der Waals surface area contributed by atoms with E-state index >= 15 is 0 Å². The molecule has 1 heterocycles. The summed E-state index contributed by atoms with van der Waals surface area (Å²) in [4.78, 5) is 12.1. The molecular formula is C14H16N2O3S. The van der Waals surface area contributed by atoms with Crippen LogP contribution in [-0.4, -0.2) is 19.7 Å². The van der Waals surface area contributed by atoms with E-state index in [1.807, 2.05) is 29.6 Å². The number of benzene rings is 1. The summed E-state index contributed by atoms with van der Waals surface area (Å²) in [5.41, 5.74) is 4.71. The summed E-state index contributed by atoms with van der Waals surface area (Å²) in [7, 11) is 1.61. The molecular weight excluding hydrogens is 276 g/mol. The zero-order valence-corrected chi connectivity index (χ0v) is 12.1. The first-order valence-electron chi connectivity index (χ1n) is 6.10. The minimum Gasteiger partial charge on any atom is -0.497 e. The SMILES string of the molecule is CCOC(=O)c1c(-c2ccc(OC)cc2)csc1NN. The summed E-state index contributed by atoms with van der Waals surface area (Å²) in [6, 6.07) is 7.47. The highest BCUT2D eigenvalue weighted by Gasteiger charge is 2.20. The summed E-state index contributed by atoms with van der Waals surface area (Å²) in [5, 5.41) is 2.47. The van der Waals surface area contributed by atoms with Crippen LogP contribution in [0.15, 0.2) is 29.6 Å². The lowest BCUT2D eigenvalue weighted by Crippen LogP contribution is -2.12. The predicted octanol–water partition coefficient (Wildman–Crippen LogP) is 2.89. The van der Waals surface area contributed by atoms with Crippen molar-refractivity contribution in [1.82, 2.24) is 0 Å². The maximum Gasteiger partial charge on any atom is 0.341 e. The van der Waals surface area contributed by atoms with Crippen LogP contribution >= 0.6 is 11.3 Å². The van der Waals surface area contributed by atoms with E-state index < -0.39 is 0 Å². The maximum atomic E-state index is 12.1. The molecule has 0 fully saturated rings. The lowest BCUT2D eigenvalue weighted by molar-refractivity contribution is 0.0529. The summed E-state index contributed by atoms with van der Waals surface area (Å²) in [6.45, 7) is 2.09. The van der Waals surface area contributed by atoms with E-state index in [9.17, 15) is 4.79 Å². The highest BCUT2D eigenvalue weighted by Crippen LogP contribution is 2.36. The molecule has 0 aliphatic rings. The van der Waals surface area contributed by atoms with Crippen molar-refractivity contribution >= 4 is 22.3 Å². The van der Waals surface area contributed by atoms with E-state index in [2.05, 4.69) is 5.43 Å². The van der Waals surface area contributed by atoms with Crippen LogP contribution < -0.4 is 16.0 Å². The summed E-state index contributed by atoms with van der Waals surface area (Å²) >= 11 is 1.37. The molecule has 6 heteroatoms. The number of nitrogen functional groups attached to an aromatic ring is 1. The topological polar surface area (TPSA) is 73.6 Å². The fraction of sp³-hybridized carbons (Fsp3) is 0.214. The molecule has 1 aromatic heterocycles. The molecule has 5 nitrogen and oxygen atoms in total. The van der Waals surface area contributed by atoms with Crippen molar-refractivity contribution in [2.24, 2.45) is 5.84 Å². The van der Waals surface area contributed by atoms with Gasteiger partial charge in [0.1, 0.15) is 16.3 Å². The van der Waals surface area contributed by atoms with Gasteiger partial charge < -0.3 is 14.9 Å². The highest BCUT2D eigenvalue weighted by atomic mass is 32.1. The lowest BCUT2D eigenvalue weighted by atomic mass is 10.0. The number of ether oxygens (including phenoxy) is 2. The molecule has 106 valence electrons. The van der Waals surface area contributed by atoms with E-state index in [1.54, 1.807) is 14.0 Å². The molecule has 0 saturated heterocycles. The Kier molecular flexibility index (Phi) is 4.60. The number of hydrogen-bond donors (Lipinski definition) is 2. The Bertz CT molecular complexity index is 593. The molecule has 3 N–H and O–H groups in total. The van der Waals surface area contributed by atoms with Crippen LogP contribution in [0.5, 0.6) is 5.75 Å². The van der Waals surface area contributed by atoms with Gasteiger partial charge in [-0.1, -0.05) is 12.1 Å². The number of carbonyl (C=O) groups excluding carboxylic acids is 1. The number of hydrogen-bond acceptors (Lipinski definition) is 6. The average molecular weight is 292 g/mol. The van der Waals surface area contributed by atoms with E-state index in [1.165, 1.54) is 11.3 Å². The molecule has 0 unspecified atom stereocenters. The second-order valence-electron chi connectivity index (χ2n) is 3.95. The van der Waals surface area contributed by atoms with Crippen molar-refractivity contribution in [3.8, 4) is 16.9 Å². The number of nitrogens with one attached hydrogen (secondary N) is 1. The van der Waals surface area contributed by atoms with Gasteiger partial charge in [-0.25, -0.2) is 10.6 Å². The monoisotopic (exact) mass is 292 g/mol. The number of esters is 1. The summed E-state index contributed by atoms with van der Waals surface area (Å²) < 4.78 is 10.2. The Labute approximate surface area is 121 Å². The average Bonchev–Trinajstić information content (AvgIpc) is 2.91. The molecule has 0 amide bonds. The third-order valence-corrected chi connectivity index (χ3v) is 3.71. The molecule has 0 saturated carbocycles. The minimum atomic E-state index is -0.382. The van der Waals surface area contributed by atoms with Crippen molar-refractivity contribution in [2.45, 2.75) is 6.92 Å². The number of rotatable bonds is 5. The van der Waals surface area contributed by atoms with Gasteiger partial charge in [0, 0.05) is 10.9 Å². The normalized spacial score (nSPS) is 10.2. The summed E-state index contributed by atoms with van der Waals surface area (Å²) in [6.07, 6.45) is 0. The van der Waals surface area contributed by atoms with E-state index in [-0.39, 0.29) is 5.97 Å². The summed E-state index contributed by atoms with van der Waals surface area (Å²) in [5.74, 6) is 5.84. The van der Waals surface area contributed by atoms with Crippen LogP contribution in [0.2, 0.25) is 0 Å². The first kappa shape index (κ1) is 14.4. The smallest absolute Gasteiger partial charge is 0.341 e. The number of hydrazine groups is 1. The van der Waals surface area contributed by atoms with Gasteiger partial charge in [0.2, 0.25) is 0 Å². The maximum absolute atomic E-state index is 12.1. The van der Waals surface area contributed by atoms with Crippen molar-refractivity contribution in [3.05, 3.63) is 35.2 Å². The van der Waals surface area contributed by atoms with Crippen LogP contribution in [0.4, 0.5) is 5.00 Å². The molecule has 0 radical (unpaired) electrons. The van der Waals surface area contributed by atoms with Crippen LogP contribution in [0.3, 0.4) is 0 Å². The van der Waals surface area contributed by atoms with Gasteiger partial charge >= 0.3 is 5.97 Å². The van der Waals surface area contributed by atoms with E-state index in [0.717, 1.165) is 16.9 Å². The van der Waals surface area contributed by atoms with Gasteiger partial charge in [-0.15, -0.1) is 11.3 Å². The number of methoxy groups -OCH3 is 1. The van der Waals surface area contributed by atoms with Gasteiger partial charge in [-0.2, -0.15) is 0 Å². The van der Waals surface area contributed by atoms with Crippen molar-refractivity contribution in [3.63, 3.8) is 0 Å². The van der Waals surface area contributed by atoms with Crippen LogP contribution in [0.1, 0.15) is 17.3 Å².